The molecule has 1 atom stereocenters. The molecule has 0 aliphatic carbocycles. The highest BCUT2D eigenvalue weighted by atomic mass is 35.5. The minimum Gasteiger partial charge on any atom is -0.435 e. The molecule has 1 fully saturated rings. The van der Waals surface area contributed by atoms with Crippen molar-refractivity contribution in [3.05, 3.63) is 59.6 Å². The highest BCUT2D eigenvalue weighted by molar-refractivity contribution is 7.89. The van der Waals surface area contributed by atoms with Crippen LogP contribution in [-0.2, 0) is 10.0 Å². The van der Waals surface area contributed by atoms with Crippen LogP contribution in [0.15, 0.2) is 64.0 Å². The fourth-order valence-corrected chi connectivity index (χ4v) is 5.24. The molecular formula is C21H21ClN2O3S. The number of halogens is 1. The zero-order valence-corrected chi connectivity index (χ0v) is 17.1. The van der Waals surface area contributed by atoms with Gasteiger partial charge in [0, 0.05) is 29.2 Å². The summed E-state index contributed by atoms with van der Waals surface area (Å²) in [5.41, 5.74) is 1.36. The number of nitrogens with zero attached hydrogens (tertiary/aromatic N) is 2. The molecule has 5 nitrogen and oxygen atoms in total. The normalized spacial score (nSPS) is 18.3. The lowest BCUT2D eigenvalue weighted by Crippen LogP contribution is -2.39. The van der Waals surface area contributed by atoms with Crippen molar-refractivity contribution >= 4 is 21.6 Å². The number of piperidine rings is 1. The van der Waals surface area contributed by atoms with Crippen LogP contribution in [0.1, 0.15) is 19.8 Å². The van der Waals surface area contributed by atoms with Crippen molar-refractivity contribution in [2.45, 2.75) is 24.8 Å². The van der Waals surface area contributed by atoms with E-state index in [1.807, 2.05) is 30.3 Å². The van der Waals surface area contributed by atoms with Gasteiger partial charge in [0.2, 0.25) is 10.9 Å². The summed E-state index contributed by atoms with van der Waals surface area (Å²) in [6.45, 7) is 3.07. The van der Waals surface area contributed by atoms with Crippen LogP contribution in [0.2, 0.25) is 5.02 Å². The van der Waals surface area contributed by atoms with Crippen LogP contribution in [-0.4, -0.2) is 30.8 Å². The number of sulfonamides is 1. The van der Waals surface area contributed by atoms with Gasteiger partial charge in [-0.2, -0.15) is 9.29 Å². The van der Waals surface area contributed by atoms with Gasteiger partial charge in [0.05, 0.1) is 0 Å². The van der Waals surface area contributed by atoms with Crippen molar-refractivity contribution in [3.8, 4) is 22.8 Å². The number of hydrogen-bond donors (Lipinski definition) is 0. The predicted molar refractivity (Wildman–Crippen MR) is 110 cm³/mol. The summed E-state index contributed by atoms with van der Waals surface area (Å²) in [5.74, 6) is 0.853. The molecule has 0 amide bonds. The maximum Gasteiger partial charge on any atom is 0.264 e. The van der Waals surface area contributed by atoms with Crippen LogP contribution in [0.3, 0.4) is 0 Å². The number of benzene rings is 2. The van der Waals surface area contributed by atoms with Gasteiger partial charge in [-0.25, -0.2) is 8.42 Å². The second-order valence-corrected chi connectivity index (χ2v) is 9.43. The summed E-state index contributed by atoms with van der Waals surface area (Å²) < 4.78 is 34.3. The lowest BCUT2D eigenvalue weighted by atomic mass is 10.0. The van der Waals surface area contributed by atoms with Gasteiger partial charge in [0.25, 0.3) is 10.0 Å². The molecule has 0 saturated carbocycles. The molecule has 2 heterocycles. The van der Waals surface area contributed by atoms with Crippen molar-refractivity contribution in [2.75, 3.05) is 13.1 Å². The zero-order chi connectivity index (χ0) is 19.7. The molecule has 0 N–H and O–H groups in total. The van der Waals surface area contributed by atoms with Crippen molar-refractivity contribution in [1.82, 2.24) is 9.29 Å². The molecule has 3 aromatic rings. The molecule has 1 saturated heterocycles. The monoisotopic (exact) mass is 416 g/mol. The van der Waals surface area contributed by atoms with Gasteiger partial charge in [-0.15, -0.1) is 0 Å². The highest BCUT2D eigenvalue weighted by Crippen LogP contribution is 2.35. The first-order valence-electron chi connectivity index (χ1n) is 9.27. The molecular weight excluding hydrogens is 396 g/mol. The van der Waals surface area contributed by atoms with Crippen LogP contribution >= 0.6 is 11.6 Å². The van der Waals surface area contributed by atoms with Crippen molar-refractivity contribution in [2.24, 2.45) is 5.92 Å². The van der Waals surface area contributed by atoms with E-state index >= 15 is 0 Å². The molecule has 0 unspecified atom stereocenters. The summed E-state index contributed by atoms with van der Waals surface area (Å²) in [5, 5.41) is 0.531. The van der Waals surface area contributed by atoms with Crippen molar-refractivity contribution in [3.63, 3.8) is 0 Å². The molecule has 1 aromatic heterocycles. The van der Waals surface area contributed by atoms with Crippen LogP contribution in [0.5, 0.6) is 0 Å². The zero-order valence-electron chi connectivity index (χ0n) is 15.5. The van der Waals surface area contributed by atoms with E-state index in [0.717, 1.165) is 18.4 Å². The van der Waals surface area contributed by atoms with Gasteiger partial charge < -0.3 is 4.42 Å². The second kappa shape index (κ2) is 7.70. The standard InChI is InChI=1S/C21H21ClN2O3S/c1-15-6-5-13-24(14-15)28(25,26)21-19(16-9-11-18(22)12-10-16)27-20(23-21)17-7-3-2-4-8-17/h2-4,7-12,15H,5-6,13-14H2,1H3/t15-/m0/s1. The van der Waals surface area contributed by atoms with Gasteiger partial charge in [-0.05, 0) is 55.2 Å². The Kier molecular flexibility index (Phi) is 5.27. The summed E-state index contributed by atoms with van der Waals surface area (Å²) in [6, 6.07) is 16.2. The van der Waals surface area contributed by atoms with E-state index in [2.05, 4.69) is 11.9 Å². The maximum atomic E-state index is 13.4. The maximum absolute atomic E-state index is 13.4. The second-order valence-electron chi connectivity index (χ2n) is 7.14. The Hall–Kier alpha value is -2.15. The average molecular weight is 417 g/mol. The molecule has 146 valence electrons. The minimum absolute atomic E-state index is 0.0391. The highest BCUT2D eigenvalue weighted by Gasteiger charge is 2.35. The molecule has 0 spiro atoms. The summed E-state index contributed by atoms with van der Waals surface area (Å²) >= 11 is 5.99. The fraction of sp³-hybridized carbons (Fsp3) is 0.286. The van der Waals surface area contributed by atoms with E-state index in [-0.39, 0.29) is 16.7 Å². The first-order chi connectivity index (χ1) is 13.4. The molecule has 1 aliphatic heterocycles. The summed E-state index contributed by atoms with van der Waals surface area (Å²) in [7, 11) is -3.78. The van der Waals surface area contributed by atoms with E-state index in [0.29, 0.717) is 29.6 Å². The van der Waals surface area contributed by atoms with Gasteiger partial charge in [0.1, 0.15) is 0 Å². The largest absolute Gasteiger partial charge is 0.435 e. The Bertz CT molecular complexity index is 1060. The van der Waals surface area contributed by atoms with Gasteiger partial charge in [-0.1, -0.05) is 36.7 Å². The van der Waals surface area contributed by atoms with E-state index < -0.39 is 10.0 Å². The smallest absolute Gasteiger partial charge is 0.264 e. The third-order valence-electron chi connectivity index (χ3n) is 4.93. The van der Waals surface area contributed by atoms with Crippen LogP contribution in [0.25, 0.3) is 22.8 Å². The van der Waals surface area contributed by atoms with Gasteiger partial charge >= 0.3 is 0 Å². The number of aromatic nitrogens is 1. The van der Waals surface area contributed by atoms with Crippen molar-refractivity contribution in [1.29, 1.82) is 0 Å². The number of hydrogen-bond acceptors (Lipinski definition) is 4. The molecule has 0 bridgehead atoms. The van der Waals surface area contributed by atoms with Crippen LogP contribution in [0, 0.1) is 5.92 Å². The van der Waals surface area contributed by atoms with E-state index in [4.69, 9.17) is 16.0 Å². The Morgan fingerprint density at radius 3 is 2.46 bits per heavy atom. The Morgan fingerprint density at radius 1 is 1.07 bits per heavy atom. The van der Waals surface area contributed by atoms with Crippen LogP contribution in [0.4, 0.5) is 0 Å². The average Bonchev–Trinajstić information content (AvgIpc) is 3.16. The first-order valence-corrected chi connectivity index (χ1v) is 11.1. The molecule has 4 rings (SSSR count). The Balaban J connectivity index is 1.84. The molecule has 28 heavy (non-hydrogen) atoms. The lowest BCUT2D eigenvalue weighted by molar-refractivity contribution is 0.280. The molecule has 0 radical (unpaired) electrons. The lowest BCUT2D eigenvalue weighted by Gasteiger charge is -2.29. The third-order valence-corrected chi connectivity index (χ3v) is 6.96. The topological polar surface area (TPSA) is 63.4 Å². The van der Waals surface area contributed by atoms with E-state index in [9.17, 15) is 8.42 Å². The first kappa shape index (κ1) is 19.2. The Labute approximate surface area is 170 Å². The molecule has 1 aliphatic rings. The predicted octanol–water partition coefficient (Wildman–Crippen LogP) is 5.08. The van der Waals surface area contributed by atoms with Gasteiger partial charge in [0.15, 0.2) is 5.76 Å². The summed E-state index contributed by atoms with van der Waals surface area (Å²) in [6.07, 6.45) is 1.88. The Morgan fingerprint density at radius 2 is 1.79 bits per heavy atom. The quantitative estimate of drug-likeness (QED) is 0.594. The molecule has 2 aromatic carbocycles. The number of oxazole rings is 1. The molecule has 7 heteroatoms. The van der Waals surface area contributed by atoms with Crippen LogP contribution < -0.4 is 0 Å². The summed E-state index contributed by atoms with van der Waals surface area (Å²) in [4.78, 5) is 4.42. The fourth-order valence-electron chi connectivity index (χ4n) is 3.46. The van der Waals surface area contributed by atoms with E-state index in [1.165, 1.54) is 4.31 Å². The SMILES string of the molecule is C[C@H]1CCCN(S(=O)(=O)c2nc(-c3ccccc3)oc2-c2ccc(Cl)cc2)C1. The van der Waals surface area contributed by atoms with Crippen molar-refractivity contribution < 1.29 is 12.8 Å². The minimum atomic E-state index is -3.78. The number of rotatable bonds is 4. The van der Waals surface area contributed by atoms with Gasteiger partial charge in [-0.3, -0.25) is 0 Å². The van der Waals surface area contributed by atoms with E-state index in [1.54, 1.807) is 24.3 Å². The third kappa shape index (κ3) is 3.72.